The van der Waals surface area contributed by atoms with Crippen molar-refractivity contribution in [3.8, 4) is 11.5 Å². The summed E-state index contributed by atoms with van der Waals surface area (Å²) < 4.78 is 10.6. The number of hydrazone groups is 1. The molecular weight excluding hydrogens is 342 g/mol. The first kappa shape index (κ1) is 18.4. The van der Waals surface area contributed by atoms with Gasteiger partial charge in [0.1, 0.15) is 0 Å². The van der Waals surface area contributed by atoms with Gasteiger partial charge in [-0.2, -0.15) is 5.10 Å². The van der Waals surface area contributed by atoms with E-state index in [-0.39, 0.29) is 5.91 Å². The lowest BCUT2D eigenvalue weighted by atomic mass is 10.1. The molecule has 0 radical (unpaired) electrons. The smallest absolute Gasteiger partial charge is 0.273 e. The van der Waals surface area contributed by atoms with Crippen molar-refractivity contribution in [1.82, 2.24) is 10.4 Å². The fourth-order valence-corrected chi connectivity index (χ4v) is 2.86. The number of benzene rings is 2. The lowest BCUT2D eigenvalue weighted by molar-refractivity contribution is 0.0954. The van der Waals surface area contributed by atoms with Crippen LogP contribution in [0, 0.1) is 13.8 Å². The highest BCUT2D eigenvalue weighted by atomic mass is 16.5. The van der Waals surface area contributed by atoms with Crippen LogP contribution in [0.2, 0.25) is 0 Å². The Morgan fingerprint density at radius 3 is 2.67 bits per heavy atom. The van der Waals surface area contributed by atoms with E-state index in [0.29, 0.717) is 28.3 Å². The summed E-state index contributed by atoms with van der Waals surface area (Å²) >= 11 is 0. The van der Waals surface area contributed by atoms with E-state index in [9.17, 15) is 4.79 Å². The number of ether oxygens (including phenoxy) is 2. The number of carbonyl (C=O) groups excluding carboxylic acids is 1. The van der Waals surface area contributed by atoms with E-state index in [1.807, 2.05) is 50.2 Å². The maximum Gasteiger partial charge on any atom is 0.273 e. The number of aryl methyl sites for hydroxylation is 2. The van der Waals surface area contributed by atoms with Crippen molar-refractivity contribution >= 4 is 23.0 Å². The molecular formula is C21H21N3O3. The molecule has 1 amide bonds. The van der Waals surface area contributed by atoms with Crippen LogP contribution in [-0.4, -0.2) is 31.3 Å². The van der Waals surface area contributed by atoms with Crippen molar-refractivity contribution in [3.63, 3.8) is 0 Å². The topological polar surface area (TPSA) is 72.8 Å². The van der Waals surface area contributed by atoms with E-state index in [4.69, 9.17) is 9.47 Å². The van der Waals surface area contributed by atoms with Crippen molar-refractivity contribution in [2.45, 2.75) is 13.8 Å². The molecule has 0 aliphatic rings. The van der Waals surface area contributed by atoms with Gasteiger partial charge in [-0.25, -0.2) is 5.43 Å². The zero-order chi connectivity index (χ0) is 19.4. The summed E-state index contributed by atoms with van der Waals surface area (Å²) in [6.07, 6.45) is 1.52. The number of hydrogen-bond donors (Lipinski definition) is 1. The number of nitrogens with one attached hydrogen (secondary N) is 1. The Morgan fingerprint density at radius 1 is 1.11 bits per heavy atom. The number of pyridine rings is 1. The summed E-state index contributed by atoms with van der Waals surface area (Å²) in [4.78, 5) is 17.0. The monoisotopic (exact) mass is 363 g/mol. The molecule has 3 aromatic rings. The summed E-state index contributed by atoms with van der Waals surface area (Å²) in [5.74, 6) is 0.830. The van der Waals surface area contributed by atoms with Gasteiger partial charge in [-0.05, 0) is 44.2 Å². The van der Waals surface area contributed by atoms with Crippen LogP contribution >= 0.6 is 0 Å². The van der Waals surface area contributed by atoms with Crippen LogP contribution in [0.3, 0.4) is 0 Å². The predicted octanol–water partition coefficient (Wildman–Crippen LogP) is 3.63. The number of methoxy groups -OCH3 is 2. The Labute approximate surface area is 157 Å². The van der Waals surface area contributed by atoms with Gasteiger partial charge in [0, 0.05) is 10.9 Å². The number of fused-ring (bicyclic) bond motifs is 1. The van der Waals surface area contributed by atoms with Gasteiger partial charge < -0.3 is 9.47 Å². The van der Waals surface area contributed by atoms with Gasteiger partial charge in [0.2, 0.25) is 0 Å². The lowest BCUT2D eigenvalue weighted by Gasteiger charge is -2.09. The van der Waals surface area contributed by atoms with Crippen molar-refractivity contribution in [1.29, 1.82) is 0 Å². The molecule has 0 aliphatic heterocycles. The van der Waals surface area contributed by atoms with Crippen molar-refractivity contribution in [2.24, 2.45) is 5.10 Å². The third-order valence-electron chi connectivity index (χ3n) is 4.21. The molecule has 0 spiro atoms. The first-order valence-corrected chi connectivity index (χ1v) is 8.46. The minimum Gasteiger partial charge on any atom is -0.493 e. The van der Waals surface area contributed by atoms with E-state index in [2.05, 4.69) is 15.5 Å². The zero-order valence-corrected chi connectivity index (χ0v) is 15.7. The fraction of sp³-hybridized carbons (Fsp3) is 0.190. The Bertz CT molecular complexity index is 1030. The molecule has 0 atom stereocenters. The van der Waals surface area contributed by atoms with Crippen molar-refractivity contribution in [2.75, 3.05) is 14.2 Å². The van der Waals surface area contributed by atoms with E-state index in [0.717, 1.165) is 16.5 Å². The molecule has 0 bridgehead atoms. The molecule has 2 aromatic carbocycles. The van der Waals surface area contributed by atoms with Crippen molar-refractivity contribution in [3.05, 3.63) is 64.8 Å². The first-order chi connectivity index (χ1) is 13.0. The van der Waals surface area contributed by atoms with Crippen LogP contribution in [0.5, 0.6) is 11.5 Å². The van der Waals surface area contributed by atoms with Crippen LogP contribution in [0.15, 0.2) is 47.6 Å². The third kappa shape index (κ3) is 3.89. The third-order valence-corrected chi connectivity index (χ3v) is 4.21. The van der Waals surface area contributed by atoms with Gasteiger partial charge >= 0.3 is 0 Å². The SMILES string of the molecule is COc1cccc(/C=N\NC(=O)c2cc3cc(C)ccc3nc2C)c1OC. The summed E-state index contributed by atoms with van der Waals surface area (Å²) in [7, 11) is 3.12. The van der Waals surface area contributed by atoms with Gasteiger partial charge in [0.05, 0.1) is 37.2 Å². The second-order valence-corrected chi connectivity index (χ2v) is 6.10. The van der Waals surface area contributed by atoms with Gasteiger partial charge in [0.15, 0.2) is 11.5 Å². The molecule has 1 N–H and O–H groups in total. The maximum atomic E-state index is 12.5. The molecule has 0 saturated heterocycles. The van der Waals surface area contributed by atoms with Gasteiger partial charge in [0.25, 0.3) is 5.91 Å². The largest absolute Gasteiger partial charge is 0.493 e. The molecule has 138 valence electrons. The van der Waals surface area contributed by atoms with E-state index in [1.165, 1.54) is 6.21 Å². The average Bonchev–Trinajstić information content (AvgIpc) is 2.67. The second-order valence-electron chi connectivity index (χ2n) is 6.10. The van der Waals surface area contributed by atoms with Gasteiger partial charge in [-0.3, -0.25) is 9.78 Å². The second kappa shape index (κ2) is 7.86. The summed E-state index contributed by atoms with van der Waals surface area (Å²) in [6, 6.07) is 13.2. The predicted molar refractivity (Wildman–Crippen MR) is 106 cm³/mol. The fourth-order valence-electron chi connectivity index (χ4n) is 2.86. The number of amides is 1. The summed E-state index contributed by atoms with van der Waals surface area (Å²) in [5.41, 5.74) is 6.36. The number of para-hydroxylation sites is 1. The molecule has 0 unspecified atom stereocenters. The maximum absolute atomic E-state index is 12.5. The van der Waals surface area contributed by atoms with Crippen LogP contribution in [0.25, 0.3) is 10.9 Å². The quantitative estimate of drug-likeness (QED) is 0.555. The van der Waals surface area contributed by atoms with E-state index >= 15 is 0 Å². The molecule has 1 aromatic heterocycles. The van der Waals surface area contributed by atoms with Gasteiger partial charge in [-0.15, -0.1) is 0 Å². The van der Waals surface area contributed by atoms with Gasteiger partial charge in [-0.1, -0.05) is 17.7 Å². The lowest BCUT2D eigenvalue weighted by Crippen LogP contribution is -2.19. The highest BCUT2D eigenvalue weighted by Gasteiger charge is 2.12. The minimum atomic E-state index is -0.318. The highest BCUT2D eigenvalue weighted by Crippen LogP contribution is 2.29. The Kier molecular flexibility index (Phi) is 5.35. The molecule has 27 heavy (non-hydrogen) atoms. The molecule has 6 heteroatoms. The van der Waals surface area contributed by atoms with Crippen LogP contribution in [-0.2, 0) is 0 Å². The number of rotatable bonds is 5. The normalized spacial score (nSPS) is 11.0. The van der Waals surface area contributed by atoms with Crippen molar-refractivity contribution < 1.29 is 14.3 Å². The number of aromatic nitrogens is 1. The van der Waals surface area contributed by atoms with Crippen LogP contribution < -0.4 is 14.9 Å². The highest BCUT2D eigenvalue weighted by molar-refractivity contribution is 5.99. The molecule has 0 fully saturated rings. The Hall–Kier alpha value is -3.41. The summed E-state index contributed by atoms with van der Waals surface area (Å²) in [5, 5.41) is 4.97. The number of hydrogen-bond acceptors (Lipinski definition) is 5. The number of carbonyl (C=O) groups is 1. The molecule has 0 aliphatic carbocycles. The molecule has 3 rings (SSSR count). The summed E-state index contributed by atoms with van der Waals surface area (Å²) in [6.45, 7) is 3.81. The van der Waals surface area contributed by atoms with Crippen LogP contribution in [0.1, 0.15) is 27.2 Å². The molecule has 0 saturated carbocycles. The van der Waals surface area contributed by atoms with E-state index < -0.39 is 0 Å². The van der Waals surface area contributed by atoms with E-state index in [1.54, 1.807) is 20.3 Å². The molecule has 1 heterocycles. The minimum absolute atomic E-state index is 0.318. The Morgan fingerprint density at radius 2 is 1.93 bits per heavy atom. The number of nitrogens with zero attached hydrogens (tertiary/aromatic N) is 2. The zero-order valence-electron chi connectivity index (χ0n) is 15.7. The first-order valence-electron chi connectivity index (χ1n) is 8.46. The Balaban J connectivity index is 1.83. The molecule has 6 nitrogen and oxygen atoms in total. The standard InChI is InChI=1S/C21H21N3O3/c1-13-8-9-18-16(10-13)11-17(14(2)23-18)21(25)24-22-12-15-6-5-7-19(26-3)20(15)27-4/h5-12H,1-4H3,(H,24,25)/b22-12-. The average molecular weight is 363 g/mol. The van der Waals surface area contributed by atoms with Crippen LogP contribution in [0.4, 0.5) is 0 Å².